The molecule has 0 aliphatic heterocycles. The number of halogens is 1. The standard InChI is InChI=1S/C29H26FN3O/c1-2-32(26-11-7-4-8-12-26)28-21-27(19-20-31-28)33(22-24-13-16-25(30)17-14-24)29(34)18-15-23-9-5-3-6-10-23/h3-21H,2,22H2,1H3/b18-15-. The Morgan fingerprint density at radius 1 is 0.882 bits per heavy atom. The number of hydrogen-bond donors (Lipinski definition) is 0. The van der Waals surface area contributed by atoms with Gasteiger partial charge in [-0.05, 0) is 54.5 Å². The highest BCUT2D eigenvalue weighted by molar-refractivity contribution is 6.04. The zero-order valence-electron chi connectivity index (χ0n) is 19.0. The molecule has 4 rings (SSSR count). The average molecular weight is 452 g/mol. The van der Waals surface area contributed by atoms with Gasteiger partial charge in [0.05, 0.1) is 6.54 Å². The van der Waals surface area contributed by atoms with Crippen molar-refractivity contribution in [1.82, 2.24) is 4.98 Å². The number of benzene rings is 3. The molecule has 4 nitrogen and oxygen atoms in total. The minimum absolute atomic E-state index is 0.173. The topological polar surface area (TPSA) is 36.4 Å². The Labute approximate surface area is 199 Å². The van der Waals surface area contributed by atoms with E-state index in [1.165, 1.54) is 12.1 Å². The molecule has 0 atom stereocenters. The van der Waals surface area contributed by atoms with Crippen LogP contribution in [-0.2, 0) is 11.3 Å². The molecule has 0 radical (unpaired) electrons. The summed E-state index contributed by atoms with van der Waals surface area (Å²) < 4.78 is 13.5. The molecule has 4 aromatic rings. The lowest BCUT2D eigenvalue weighted by molar-refractivity contribution is -0.114. The van der Waals surface area contributed by atoms with Gasteiger partial charge in [0.1, 0.15) is 11.6 Å². The van der Waals surface area contributed by atoms with E-state index in [9.17, 15) is 9.18 Å². The first-order valence-corrected chi connectivity index (χ1v) is 11.2. The Kier molecular flexibility index (Phi) is 7.45. The fourth-order valence-electron chi connectivity index (χ4n) is 3.70. The van der Waals surface area contributed by atoms with E-state index in [1.54, 1.807) is 35.4 Å². The third-order valence-electron chi connectivity index (χ3n) is 5.44. The Bertz CT molecular complexity index is 1240. The van der Waals surface area contributed by atoms with Crippen molar-refractivity contribution in [2.75, 3.05) is 16.3 Å². The maximum Gasteiger partial charge on any atom is 0.251 e. The van der Waals surface area contributed by atoms with Crippen molar-refractivity contribution in [3.05, 3.63) is 126 Å². The summed E-state index contributed by atoms with van der Waals surface area (Å²) in [5.74, 6) is 0.265. The molecule has 170 valence electrons. The van der Waals surface area contributed by atoms with Gasteiger partial charge in [0.15, 0.2) is 0 Å². The minimum Gasteiger partial charge on any atom is -0.327 e. The number of amides is 1. The summed E-state index contributed by atoms with van der Waals surface area (Å²) in [7, 11) is 0. The summed E-state index contributed by atoms with van der Waals surface area (Å²) in [6.07, 6.45) is 5.07. The molecule has 0 saturated heterocycles. The van der Waals surface area contributed by atoms with Crippen molar-refractivity contribution in [2.24, 2.45) is 0 Å². The number of carbonyl (C=O) groups excluding carboxylic acids is 1. The van der Waals surface area contributed by atoms with E-state index in [0.29, 0.717) is 12.2 Å². The van der Waals surface area contributed by atoms with E-state index in [1.807, 2.05) is 72.8 Å². The molecule has 0 fully saturated rings. The fraction of sp³-hybridized carbons (Fsp3) is 0.103. The summed E-state index contributed by atoms with van der Waals surface area (Å²) in [6, 6.07) is 29.6. The molecule has 0 unspecified atom stereocenters. The van der Waals surface area contributed by atoms with Crippen LogP contribution in [0, 0.1) is 5.82 Å². The van der Waals surface area contributed by atoms with Crippen LogP contribution in [0.4, 0.5) is 21.6 Å². The molecule has 5 heteroatoms. The monoisotopic (exact) mass is 451 g/mol. The average Bonchev–Trinajstić information content (AvgIpc) is 2.89. The van der Waals surface area contributed by atoms with Gasteiger partial charge in [0.25, 0.3) is 5.91 Å². The van der Waals surface area contributed by atoms with Crippen LogP contribution in [-0.4, -0.2) is 17.4 Å². The number of para-hydroxylation sites is 1. The van der Waals surface area contributed by atoms with Gasteiger partial charge in [-0.15, -0.1) is 0 Å². The lowest BCUT2D eigenvalue weighted by Gasteiger charge is -2.26. The van der Waals surface area contributed by atoms with Crippen LogP contribution in [0.1, 0.15) is 18.1 Å². The number of nitrogens with zero attached hydrogens (tertiary/aromatic N) is 3. The third-order valence-corrected chi connectivity index (χ3v) is 5.44. The predicted octanol–water partition coefficient (Wildman–Crippen LogP) is 6.63. The van der Waals surface area contributed by atoms with Crippen LogP contribution >= 0.6 is 0 Å². The van der Waals surface area contributed by atoms with Gasteiger partial charge in [-0.2, -0.15) is 0 Å². The number of hydrogen-bond acceptors (Lipinski definition) is 3. The number of aromatic nitrogens is 1. The van der Waals surface area contributed by atoms with E-state index in [-0.39, 0.29) is 11.7 Å². The van der Waals surface area contributed by atoms with E-state index in [2.05, 4.69) is 16.8 Å². The summed E-state index contributed by atoms with van der Waals surface area (Å²) in [4.78, 5) is 21.7. The zero-order valence-corrected chi connectivity index (χ0v) is 19.0. The zero-order chi connectivity index (χ0) is 23.8. The second-order valence-electron chi connectivity index (χ2n) is 7.75. The maximum absolute atomic E-state index is 13.5. The molecule has 0 N–H and O–H groups in total. The maximum atomic E-state index is 13.5. The van der Waals surface area contributed by atoms with Crippen molar-refractivity contribution in [2.45, 2.75) is 13.5 Å². The lowest BCUT2D eigenvalue weighted by atomic mass is 10.1. The highest BCUT2D eigenvalue weighted by Gasteiger charge is 2.17. The number of carbonyl (C=O) groups is 1. The molecule has 0 spiro atoms. The van der Waals surface area contributed by atoms with E-state index in [0.717, 1.165) is 29.2 Å². The molecular weight excluding hydrogens is 425 g/mol. The Morgan fingerprint density at radius 3 is 2.24 bits per heavy atom. The van der Waals surface area contributed by atoms with E-state index in [4.69, 9.17) is 0 Å². The van der Waals surface area contributed by atoms with Crippen LogP contribution in [0.3, 0.4) is 0 Å². The molecular formula is C29H26FN3O. The number of rotatable bonds is 8. The van der Waals surface area contributed by atoms with Gasteiger partial charge >= 0.3 is 0 Å². The molecule has 0 saturated carbocycles. The van der Waals surface area contributed by atoms with Crippen molar-refractivity contribution >= 4 is 29.2 Å². The molecule has 1 amide bonds. The molecule has 3 aromatic carbocycles. The van der Waals surface area contributed by atoms with Crippen molar-refractivity contribution in [1.29, 1.82) is 0 Å². The van der Waals surface area contributed by atoms with Crippen LogP contribution in [0.5, 0.6) is 0 Å². The van der Waals surface area contributed by atoms with Gasteiger partial charge in [0.2, 0.25) is 0 Å². The summed E-state index contributed by atoms with van der Waals surface area (Å²) >= 11 is 0. The predicted molar refractivity (Wildman–Crippen MR) is 136 cm³/mol. The molecule has 0 aliphatic carbocycles. The minimum atomic E-state index is -0.307. The second-order valence-corrected chi connectivity index (χ2v) is 7.75. The van der Waals surface area contributed by atoms with Crippen LogP contribution < -0.4 is 9.80 Å². The van der Waals surface area contributed by atoms with Crippen LogP contribution in [0.2, 0.25) is 0 Å². The largest absolute Gasteiger partial charge is 0.327 e. The smallest absolute Gasteiger partial charge is 0.251 e. The van der Waals surface area contributed by atoms with Crippen molar-refractivity contribution in [3.63, 3.8) is 0 Å². The highest BCUT2D eigenvalue weighted by Crippen LogP contribution is 2.27. The van der Waals surface area contributed by atoms with Gasteiger partial charge in [0, 0.05) is 36.3 Å². The molecule has 1 heterocycles. The van der Waals surface area contributed by atoms with Crippen molar-refractivity contribution in [3.8, 4) is 0 Å². The normalized spacial score (nSPS) is 10.9. The van der Waals surface area contributed by atoms with E-state index < -0.39 is 0 Å². The van der Waals surface area contributed by atoms with Crippen LogP contribution in [0.25, 0.3) is 6.08 Å². The molecule has 0 bridgehead atoms. The highest BCUT2D eigenvalue weighted by atomic mass is 19.1. The quantitative estimate of drug-likeness (QED) is 0.282. The molecule has 0 aliphatic rings. The van der Waals surface area contributed by atoms with Crippen molar-refractivity contribution < 1.29 is 9.18 Å². The SMILES string of the molecule is CCN(c1ccccc1)c1cc(N(Cc2ccc(F)cc2)C(=O)/C=C\c2ccccc2)ccn1. The summed E-state index contributed by atoms with van der Waals surface area (Å²) in [6.45, 7) is 3.09. The van der Waals surface area contributed by atoms with E-state index >= 15 is 0 Å². The first kappa shape index (κ1) is 22.9. The van der Waals surface area contributed by atoms with Crippen LogP contribution in [0.15, 0.2) is 109 Å². The Hall–Kier alpha value is -4.25. The third kappa shape index (κ3) is 5.75. The van der Waals surface area contributed by atoms with Gasteiger partial charge in [-0.25, -0.2) is 9.37 Å². The summed E-state index contributed by atoms with van der Waals surface area (Å²) in [5.41, 5.74) is 3.51. The molecule has 34 heavy (non-hydrogen) atoms. The fourth-order valence-corrected chi connectivity index (χ4v) is 3.70. The molecule has 1 aromatic heterocycles. The van der Waals surface area contributed by atoms with Gasteiger partial charge < -0.3 is 9.80 Å². The number of anilines is 3. The second kappa shape index (κ2) is 11.1. The van der Waals surface area contributed by atoms with Gasteiger partial charge in [-0.3, -0.25) is 4.79 Å². The Morgan fingerprint density at radius 2 is 1.56 bits per heavy atom. The Balaban J connectivity index is 1.68. The van der Waals surface area contributed by atoms with Gasteiger partial charge in [-0.1, -0.05) is 60.7 Å². The first-order valence-electron chi connectivity index (χ1n) is 11.2. The first-order chi connectivity index (χ1) is 16.6. The number of pyridine rings is 1. The lowest BCUT2D eigenvalue weighted by Crippen LogP contribution is -2.29. The summed E-state index contributed by atoms with van der Waals surface area (Å²) in [5, 5.41) is 0.